The van der Waals surface area contributed by atoms with E-state index in [2.05, 4.69) is 25.7 Å². The maximum absolute atomic E-state index is 12.9. The third-order valence-corrected chi connectivity index (χ3v) is 5.21. The summed E-state index contributed by atoms with van der Waals surface area (Å²) in [7, 11) is 1.39. The van der Waals surface area contributed by atoms with Crippen LogP contribution in [-0.2, 0) is 10.2 Å². The fraction of sp³-hybridized carbons (Fsp3) is 0.391. The average Bonchev–Trinajstić information content (AvgIpc) is 2.72. The van der Waals surface area contributed by atoms with Crippen LogP contribution in [0.3, 0.4) is 0 Å². The molecule has 0 bridgehead atoms. The van der Waals surface area contributed by atoms with E-state index in [1.54, 1.807) is 6.07 Å². The van der Waals surface area contributed by atoms with E-state index in [1.165, 1.54) is 12.7 Å². The van der Waals surface area contributed by atoms with E-state index in [-0.39, 0.29) is 17.3 Å². The number of benzene rings is 2. The van der Waals surface area contributed by atoms with Gasteiger partial charge in [0.2, 0.25) is 0 Å². The Balaban J connectivity index is 1.67. The molecule has 5 nitrogen and oxygen atoms in total. The van der Waals surface area contributed by atoms with Gasteiger partial charge in [-0.2, -0.15) is 0 Å². The minimum atomic E-state index is -0.340. The number of amides is 1. The monoisotopic (exact) mass is 380 g/mol. The van der Waals surface area contributed by atoms with Crippen molar-refractivity contribution in [2.24, 2.45) is 0 Å². The first-order valence-corrected chi connectivity index (χ1v) is 9.63. The van der Waals surface area contributed by atoms with Gasteiger partial charge in [0.15, 0.2) is 0 Å². The van der Waals surface area contributed by atoms with Crippen LogP contribution in [0.25, 0.3) is 0 Å². The second-order valence-electron chi connectivity index (χ2n) is 8.12. The molecular weight excluding hydrogens is 352 g/mol. The van der Waals surface area contributed by atoms with Crippen molar-refractivity contribution in [1.82, 2.24) is 4.90 Å². The van der Waals surface area contributed by atoms with Crippen molar-refractivity contribution in [2.45, 2.75) is 26.2 Å². The minimum absolute atomic E-state index is 0.0568. The highest BCUT2D eigenvalue weighted by Gasteiger charge is 2.25. The summed E-state index contributed by atoms with van der Waals surface area (Å²) < 4.78 is 4.89. The first-order chi connectivity index (χ1) is 13.3. The third-order valence-electron chi connectivity index (χ3n) is 5.21. The van der Waals surface area contributed by atoms with E-state index >= 15 is 0 Å². The van der Waals surface area contributed by atoms with Crippen LogP contribution in [0.2, 0.25) is 0 Å². The Labute approximate surface area is 166 Å². The molecule has 1 fully saturated rings. The molecule has 148 valence electrons. The molecule has 2 aromatic rings. The summed E-state index contributed by atoms with van der Waals surface area (Å²) in [5, 5.41) is 0. The molecule has 2 aromatic carbocycles. The number of hydrogen-bond acceptors (Lipinski definition) is 4. The molecule has 1 amide bonds. The smallest absolute Gasteiger partial charge is 0.339 e. The molecule has 0 N–H and O–H groups in total. The highest BCUT2D eigenvalue weighted by Crippen LogP contribution is 2.24. The lowest BCUT2D eigenvalue weighted by atomic mass is 9.86. The van der Waals surface area contributed by atoms with Crippen LogP contribution in [0, 0.1) is 0 Å². The number of ether oxygens (including phenoxy) is 1. The summed E-state index contributed by atoms with van der Waals surface area (Å²) in [4.78, 5) is 28.9. The van der Waals surface area contributed by atoms with Crippen LogP contribution in [0.15, 0.2) is 48.5 Å². The number of carbonyl (C=O) groups excluding carboxylic acids is 2. The lowest BCUT2D eigenvalue weighted by Crippen LogP contribution is -2.49. The molecule has 1 aliphatic rings. The molecule has 0 spiro atoms. The zero-order valence-electron chi connectivity index (χ0n) is 17.1. The number of rotatable bonds is 3. The molecule has 0 unspecified atom stereocenters. The van der Waals surface area contributed by atoms with Crippen LogP contribution >= 0.6 is 0 Å². The highest BCUT2D eigenvalue weighted by atomic mass is 16.5. The number of hydrogen-bond donors (Lipinski definition) is 0. The molecule has 0 aliphatic carbocycles. The minimum Gasteiger partial charge on any atom is -0.465 e. The Morgan fingerprint density at radius 3 is 2.07 bits per heavy atom. The molecule has 0 radical (unpaired) electrons. The zero-order valence-corrected chi connectivity index (χ0v) is 17.1. The van der Waals surface area contributed by atoms with Crippen LogP contribution in [0.4, 0.5) is 5.69 Å². The lowest BCUT2D eigenvalue weighted by molar-refractivity contribution is 0.0600. The van der Waals surface area contributed by atoms with Gasteiger partial charge in [0, 0.05) is 31.7 Å². The van der Waals surface area contributed by atoms with Crippen LogP contribution in [0.5, 0.6) is 0 Å². The van der Waals surface area contributed by atoms with Crippen LogP contribution in [-0.4, -0.2) is 50.1 Å². The summed E-state index contributed by atoms with van der Waals surface area (Å²) in [6.07, 6.45) is 0. The number of methoxy groups -OCH3 is 1. The maximum atomic E-state index is 12.9. The topological polar surface area (TPSA) is 49.9 Å². The Morgan fingerprint density at radius 2 is 1.50 bits per heavy atom. The number of nitrogens with zero attached hydrogens (tertiary/aromatic N) is 2. The number of anilines is 1. The number of carbonyl (C=O) groups is 2. The van der Waals surface area contributed by atoms with Crippen molar-refractivity contribution in [3.63, 3.8) is 0 Å². The number of piperazine rings is 1. The summed E-state index contributed by atoms with van der Waals surface area (Å²) in [6, 6.07) is 15.4. The predicted octanol–water partition coefficient (Wildman–Crippen LogP) is 3.73. The summed E-state index contributed by atoms with van der Waals surface area (Å²) in [6.45, 7) is 9.09. The van der Waals surface area contributed by atoms with Crippen molar-refractivity contribution < 1.29 is 14.3 Å². The van der Waals surface area contributed by atoms with Gasteiger partial charge in [0.1, 0.15) is 0 Å². The molecular formula is C23H28N2O3. The molecule has 1 saturated heterocycles. The largest absolute Gasteiger partial charge is 0.465 e. The van der Waals surface area contributed by atoms with Crippen molar-refractivity contribution in [3.05, 3.63) is 65.2 Å². The molecule has 0 atom stereocenters. The van der Waals surface area contributed by atoms with Crippen LogP contribution in [0.1, 0.15) is 47.1 Å². The molecule has 1 heterocycles. The predicted molar refractivity (Wildman–Crippen MR) is 111 cm³/mol. The first-order valence-electron chi connectivity index (χ1n) is 9.63. The Kier molecular flexibility index (Phi) is 5.73. The van der Waals surface area contributed by atoms with Crippen molar-refractivity contribution >= 4 is 17.6 Å². The van der Waals surface area contributed by atoms with Gasteiger partial charge in [0.05, 0.1) is 18.4 Å². The SMILES string of the molecule is COC(=O)c1ccccc1N1CCN(C(=O)c2ccc(C(C)(C)C)cc2)CC1. The Hall–Kier alpha value is -2.82. The van der Waals surface area contributed by atoms with E-state index in [0.717, 1.165) is 11.3 Å². The Bertz CT molecular complexity index is 845. The molecule has 5 heteroatoms. The van der Waals surface area contributed by atoms with Crippen molar-refractivity contribution in [2.75, 3.05) is 38.2 Å². The van der Waals surface area contributed by atoms with Gasteiger partial charge in [-0.25, -0.2) is 4.79 Å². The van der Waals surface area contributed by atoms with Gasteiger partial charge >= 0.3 is 5.97 Å². The van der Waals surface area contributed by atoms with Crippen LogP contribution < -0.4 is 4.90 Å². The average molecular weight is 380 g/mol. The summed E-state index contributed by atoms with van der Waals surface area (Å²) in [5.41, 5.74) is 3.42. The van der Waals surface area contributed by atoms with Gasteiger partial charge in [-0.1, -0.05) is 45.0 Å². The fourth-order valence-corrected chi connectivity index (χ4v) is 3.48. The number of para-hydroxylation sites is 1. The number of esters is 1. The second kappa shape index (κ2) is 8.05. The van der Waals surface area contributed by atoms with Gasteiger partial charge in [0.25, 0.3) is 5.91 Å². The Morgan fingerprint density at radius 1 is 0.893 bits per heavy atom. The molecule has 1 aliphatic heterocycles. The van der Waals surface area contributed by atoms with E-state index in [4.69, 9.17) is 4.74 Å². The maximum Gasteiger partial charge on any atom is 0.339 e. The normalized spacial score (nSPS) is 14.7. The van der Waals surface area contributed by atoms with E-state index in [0.29, 0.717) is 31.7 Å². The lowest BCUT2D eigenvalue weighted by Gasteiger charge is -2.36. The van der Waals surface area contributed by atoms with E-state index in [1.807, 2.05) is 47.4 Å². The van der Waals surface area contributed by atoms with Gasteiger partial charge in [-0.3, -0.25) is 4.79 Å². The first kappa shape index (κ1) is 19.9. The van der Waals surface area contributed by atoms with Gasteiger partial charge in [-0.15, -0.1) is 0 Å². The van der Waals surface area contributed by atoms with E-state index < -0.39 is 0 Å². The molecule has 3 rings (SSSR count). The summed E-state index contributed by atoms with van der Waals surface area (Å²) in [5.74, 6) is -0.283. The quantitative estimate of drug-likeness (QED) is 0.762. The third kappa shape index (κ3) is 4.19. The highest BCUT2D eigenvalue weighted by molar-refractivity contribution is 5.96. The van der Waals surface area contributed by atoms with E-state index in [9.17, 15) is 9.59 Å². The fourth-order valence-electron chi connectivity index (χ4n) is 3.48. The summed E-state index contributed by atoms with van der Waals surface area (Å²) >= 11 is 0. The van der Waals surface area contributed by atoms with Crippen molar-refractivity contribution in [3.8, 4) is 0 Å². The molecule has 0 saturated carbocycles. The molecule has 28 heavy (non-hydrogen) atoms. The van der Waals surface area contributed by atoms with Crippen molar-refractivity contribution in [1.29, 1.82) is 0 Å². The molecule has 0 aromatic heterocycles. The second-order valence-corrected chi connectivity index (χ2v) is 8.12. The van der Waals surface area contributed by atoms with Gasteiger partial charge < -0.3 is 14.5 Å². The zero-order chi connectivity index (χ0) is 20.3. The standard InChI is InChI=1S/C23H28N2O3/c1-23(2,3)18-11-9-17(10-12-18)21(26)25-15-13-24(14-16-25)20-8-6-5-7-19(20)22(27)28-4/h5-12H,13-16H2,1-4H3. The van der Waals surface area contributed by atoms with Gasteiger partial charge in [-0.05, 0) is 35.2 Å².